The van der Waals surface area contributed by atoms with Crippen LogP contribution in [-0.2, 0) is 0 Å². The minimum absolute atomic E-state index is 0.105. The third-order valence-corrected chi connectivity index (χ3v) is 3.02. The van der Waals surface area contributed by atoms with Gasteiger partial charge in [0.05, 0.1) is 9.40 Å². The molecule has 0 aliphatic heterocycles. The third-order valence-electron chi connectivity index (χ3n) is 1.96. The van der Waals surface area contributed by atoms with Gasteiger partial charge in [0.25, 0.3) is 0 Å². The van der Waals surface area contributed by atoms with Crippen molar-refractivity contribution in [1.82, 2.24) is 9.97 Å². The van der Waals surface area contributed by atoms with Crippen LogP contribution in [0.4, 0.5) is 5.69 Å². The van der Waals surface area contributed by atoms with Crippen molar-refractivity contribution in [2.45, 2.75) is 0 Å². The standard InChI is InChI=1S/C10H5Br2N3O3/c11-6-2-1-3-7(15(16)17)10(6)18-9-4-8(12)13-5-14-9/h1-5H. The van der Waals surface area contributed by atoms with E-state index in [0.717, 1.165) is 0 Å². The first-order chi connectivity index (χ1) is 8.58. The van der Waals surface area contributed by atoms with Gasteiger partial charge >= 0.3 is 5.69 Å². The van der Waals surface area contributed by atoms with Crippen molar-refractivity contribution in [3.63, 3.8) is 0 Å². The van der Waals surface area contributed by atoms with E-state index >= 15 is 0 Å². The first-order valence-electron chi connectivity index (χ1n) is 4.66. The molecule has 0 spiro atoms. The van der Waals surface area contributed by atoms with Gasteiger partial charge in [-0.15, -0.1) is 0 Å². The normalized spacial score (nSPS) is 10.1. The van der Waals surface area contributed by atoms with Gasteiger partial charge in [-0.3, -0.25) is 10.1 Å². The van der Waals surface area contributed by atoms with Crippen LogP contribution in [0.5, 0.6) is 11.6 Å². The van der Waals surface area contributed by atoms with E-state index in [0.29, 0.717) is 9.08 Å². The lowest BCUT2D eigenvalue weighted by Gasteiger charge is -2.06. The average Bonchev–Trinajstić information content (AvgIpc) is 2.31. The molecule has 0 unspecified atom stereocenters. The maximum Gasteiger partial charge on any atom is 0.312 e. The number of nitro benzene ring substituents is 1. The highest BCUT2D eigenvalue weighted by Gasteiger charge is 2.19. The average molecular weight is 375 g/mol. The molecule has 0 radical (unpaired) electrons. The second-order valence-corrected chi connectivity index (χ2v) is 4.79. The number of para-hydroxylation sites is 1. The summed E-state index contributed by atoms with van der Waals surface area (Å²) in [6, 6.07) is 6.09. The van der Waals surface area contributed by atoms with E-state index in [1.807, 2.05) is 0 Å². The summed E-state index contributed by atoms with van der Waals surface area (Å²) in [6.07, 6.45) is 1.29. The second-order valence-electron chi connectivity index (χ2n) is 3.13. The zero-order valence-electron chi connectivity index (χ0n) is 8.71. The second kappa shape index (κ2) is 5.40. The van der Waals surface area contributed by atoms with Gasteiger partial charge in [-0.2, -0.15) is 0 Å². The predicted molar refractivity (Wildman–Crippen MR) is 70.6 cm³/mol. The van der Waals surface area contributed by atoms with Crippen LogP contribution in [0.3, 0.4) is 0 Å². The lowest BCUT2D eigenvalue weighted by Crippen LogP contribution is -1.95. The van der Waals surface area contributed by atoms with Crippen LogP contribution in [-0.4, -0.2) is 14.9 Å². The van der Waals surface area contributed by atoms with Crippen LogP contribution in [0.25, 0.3) is 0 Å². The summed E-state index contributed by atoms with van der Waals surface area (Å²) >= 11 is 6.37. The third kappa shape index (κ3) is 2.82. The van der Waals surface area contributed by atoms with Crippen LogP contribution in [0.1, 0.15) is 0 Å². The van der Waals surface area contributed by atoms with E-state index in [4.69, 9.17) is 4.74 Å². The molecule has 0 aliphatic rings. The van der Waals surface area contributed by atoms with Gasteiger partial charge in [0.1, 0.15) is 10.9 Å². The van der Waals surface area contributed by atoms with Gasteiger partial charge in [0, 0.05) is 12.1 Å². The van der Waals surface area contributed by atoms with Gasteiger partial charge in [-0.25, -0.2) is 9.97 Å². The van der Waals surface area contributed by atoms with Crippen molar-refractivity contribution in [2.24, 2.45) is 0 Å². The number of ether oxygens (including phenoxy) is 1. The van der Waals surface area contributed by atoms with Crippen LogP contribution in [0.2, 0.25) is 0 Å². The summed E-state index contributed by atoms with van der Waals surface area (Å²) in [5.74, 6) is 0.319. The topological polar surface area (TPSA) is 78.2 Å². The Kier molecular flexibility index (Phi) is 3.87. The number of hydrogen-bond donors (Lipinski definition) is 0. The molecule has 0 saturated carbocycles. The van der Waals surface area contributed by atoms with Crippen molar-refractivity contribution in [3.8, 4) is 11.6 Å². The van der Waals surface area contributed by atoms with E-state index < -0.39 is 4.92 Å². The smallest absolute Gasteiger partial charge is 0.312 e. The summed E-state index contributed by atoms with van der Waals surface area (Å²) in [6.45, 7) is 0. The fraction of sp³-hybridized carbons (Fsp3) is 0. The Morgan fingerprint density at radius 3 is 2.72 bits per heavy atom. The number of hydrogen-bond acceptors (Lipinski definition) is 5. The van der Waals surface area contributed by atoms with Gasteiger partial charge in [0.15, 0.2) is 0 Å². The number of halogens is 2. The number of aromatic nitrogens is 2. The van der Waals surface area contributed by atoms with Crippen LogP contribution < -0.4 is 4.74 Å². The molecule has 0 aliphatic carbocycles. The number of nitro groups is 1. The molecule has 1 aromatic heterocycles. The summed E-state index contributed by atoms with van der Waals surface area (Å²) in [5.41, 5.74) is -0.140. The van der Waals surface area contributed by atoms with Crippen LogP contribution in [0.15, 0.2) is 39.7 Å². The summed E-state index contributed by atoms with van der Waals surface area (Å²) < 4.78 is 6.42. The summed E-state index contributed by atoms with van der Waals surface area (Å²) in [4.78, 5) is 18.1. The molecular weight excluding hydrogens is 370 g/mol. The molecule has 0 atom stereocenters. The monoisotopic (exact) mass is 373 g/mol. The molecule has 18 heavy (non-hydrogen) atoms. The maximum absolute atomic E-state index is 10.9. The first-order valence-corrected chi connectivity index (χ1v) is 6.25. The zero-order valence-corrected chi connectivity index (χ0v) is 11.9. The Balaban J connectivity index is 2.42. The number of benzene rings is 1. The van der Waals surface area contributed by atoms with Crippen molar-refractivity contribution < 1.29 is 9.66 Å². The first kappa shape index (κ1) is 12.9. The maximum atomic E-state index is 10.9. The Labute approximate surface area is 118 Å². The fourth-order valence-corrected chi connectivity index (χ4v) is 1.94. The molecule has 0 bridgehead atoms. The number of rotatable bonds is 3. The Hall–Kier alpha value is -1.54. The lowest BCUT2D eigenvalue weighted by molar-refractivity contribution is -0.385. The van der Waals surface area contributed by atoms with Crippen molar-refractivity contribution in [1.29, 1.82) is 0 Å². The summed E-state index contributed by atoms with van der Waals surface area (Å²) in [7, 11) is 0. The summed E-state index contributed by atoms with van der Waals surface area (Å²) in [5, 5.41) is 10.9. The molecule has 0 fully saturated rings. The van der Waals surface area contributed by atoms with Gasteiger partial charge in [-0.1, -0.05) is 6.07 Å². The quantitative estimate of drug-likeness (QED) is 0.465. The SMILES string of the molecule is O=[N+]([O-])c1cccc(Br)c1Oc1cc(Br)ncn1. The Morgan fingerprint density at radius 1 is 1.28 bits per heavy atom. The van der Waals surface area contributed by atoms with E-state index in [1.54, 1.807) is 12.1 Å². The van der Waals surface area contributed by atoms with E-state index in [-0.39, 0.29) is 17.3 Å². The van der Waals surface area contributed by atoms with Gasteiger partial charge < -0.3 is 4.74 Å². The Bertz CT molecular complexity index is 607. The highest BCUT2D eigenvalue weighted by molar-refractivity contribution is 9.10. The van der Waals surface area contributed by atoms with Gasteiger partial charge in [-0.05, 0) is 37.9 Å². The van der Waals surface area contributed by atoms with Gasteiger partial charge in [0.2, 0.25) is 11.6 Å². The van der Waals surface area contributed by atoms with E-state index in [2.05, 4.69) is 41.8 Å². The lowest BCUT2D eigenvalue weighted by atomic mass is 10.3. The van der Waals surface area contributed by atoms with E-state index in [9.17, 15) is 10.1 Å². The van der Waals surface area contributed by atoms with E-state index in [1.165, 1.54) is 18.5 Å². The zero-order chi connectivity index (χ0) is 13.1. The molecule has 92 valence electrons. The highest BCUT2D eigenvalue weighted by atomic mass is 79.9. The van der Waals surface area contributed by atoms with Crippen molar-refractivity contribution >= 4 is 37.5 Å². The molecule has 8 heteroatoms. The molecule has 1 aromatic carbocycles. The van der Waals surface area contributed by atoms with Crippen LogP contribution >= 0.6 is 31.9 Å². The largest absolute Gasteiger partial charge is 0.430 e. The predicted octanol–water partition coefficient (Wildman–Crippen LogP) is 3.70. The molecule has 2 aromatic rings. The Morgan fingerprint density at radius 2 is 2.06 bits per heavy atom. The van der Waals surface area contributed by atoms with Crippen molar-refractivity contribution in [3.05, 3.63) is 49.8 Å². The highest BCUT2D eigenvalue weighted by Crippen LogP contribution is 2.37. The molecule has 0 amide bonds. The fourth-order valence-electron chi connectivity index (χ4n) is 1.22. The van der Waals surface area contributed by atoms with Crippen molar-refractivity contribution in [2.75, 3.05) is 0 Å². The molecular formula is C10H5Br2N3O3. The van der Waals surface area contributed by atoms with Crippen LogP contribution in [0, 0.1) is 10.1 Å². The minimum atomic E-state index is -0.518. The number of nitrogens with zero attached hydrogens (tertiary/aromatic N) is 3. The molecule has 2 rings (SSSR count). The molecule has 0 saturated heterocycles. The molecule has 0 N–H and O–H groups in total. The molecule has 6 nitrogen and oxygen atoms in total. The minimum Gasteiger partial charge on any atom is -0.430 e. The molecule has 1 heterocycles.